The lowest BCUT2D eigenvalue weighted by Crippen LogP contribution is -2.08. The van der Waals surface area contributed by atoms with Crippen LogP contribution in [0.4, 0.5) is 5.82 Å². The van der Waals surface area contributed by atoms with E-state index in [1.54, 1.807) is 6.07 Å². The SMILES string of the molecule is CCOc1cc(NCCCOCCO)ncn1. The zero-order chi connectivity index (χ0) is 12.3. The van der Waals surface area contributed by atoms with Gasteiger partial charge < -0.3 is 19.9 Å². The van der Waals surface area contributed by atoms with Crippen LogP contribution in [0.3, 0.4) is 0 Å². The molecular formula is C11H19N3O3. The molecule has 2 N–H and O–H groups in total. The third-order valence-corrected chi connectivity index (χ3v) is 1.94. The number of nitrogens with zero attached hydrogens (tertiary/aromatic N) is 2. The van der Waals surface area contributed by atoms with Gasteiger partial charge in [0.25, 0.3) is 0 Å². The molecule has 0 aliphatic rings. The summed E-state index contributed by atoms with van der Waals surface area (Å²) < 4.78 is 10.4. The molecule has 0 fully saturated rings. The van der Waals surface area contributed by atoms with Crippen molar-refractivity contribution >= 4 is 5.82 Å². The number of rotatable bonds is 9. The van der Waals surface area contributed by atoms with Gasteiger partial charge in [0, 0.05) is 19.2 Å². The normalized spacial score (nSPS) is 10.2. The first kappa shape index (κ1) is 13.7. The van der Waals surface area contributed by atoms with Gasteiger partial charge >= 0.3 is 0 Å². The molecule has 17 heavy (non-hydrogen) atoms. The minimum atomic E-state index is 0.0665. The van der Waals surface area contributed by atoms with E-state index in [4.69, 9.17) is 14.6 Å². The number of ether oxygens (including phenoxy) is 2. The Balaban J connectivity index is 2.19. The van der Waals surface area contributed by atoms with Crippen LogP contribution in [0.2, 0.25) is 0 Å². The van der Waals surface area contributed by atoms with Gasteiger partial charge in [-0.25, -0.2) is 9.97 Å². The Bertz CT molecular complexity index is 310. The molecule has 1 aromatic heterocycles. The minimum Gasteiger partial charge on any atom is -0.478 e. The lowest BCUT2D eigenvalue weighted by molar-refractivity contribution is 0.0922. The van der Waals surface area contributed by atoms with Crippen molar-refractivity contribution < 1.29 is 14.6 Å². The fourth-order valence-electron chi connectivity index (χ4n) is 1.22. The third-order valence-electron chi connectivity index (χ3n) is 1.94. The van der Waals surface area contributed by atoms with Crippen molar-refractivity contribution in [3.05, 3.63) is 12.4 Å². The smallest absolute Gasteiger partial charge is 0.218 e. The second kappa shape index (κ2) is 8.72. The van der Waals surface area contributed by atoms with Gasteiger partial charge in [0.1, 0.15) is 12.1 Å². The Morgan fingerprint density at radius 1 is 1.35 bits per heavy atom. The predicted molar refractivity (Wildman–Crippen MR) is 64.2 cm³/mol. The Kier molecular flexibility index (Phi) is 7.01. The predicted octanol–water partition coefficient (Wildman–Crippen LogP) is 0.686. The van der Waals surface area contributed by atoms with Crippen LogP contribution in [0.5, 0.6) is 5.88 Å². The zero-order valence-corrected chi connectivity index (χ0v) is 10.1. The Morgan fingerprint density at radius 3 is 3.00 bits per heavy atom. The number of anilines is 1. The molecule has 0 bridgehead atoms. The molecule has 0 atom stereocenters. The van der Waals surface area contributed by atoms with E-state index in [2.05, 4.69) is 15.3 Å². The van der Waals surface area contributed by atoms with Gasteiger partial charge in [-0.15, -0.1) is 0 Å². The van der Waals surface area contributed by atoms with Crippen LogP contribution in [0.15, 0.2) is 12.4 Å². The molecule has 1 heterocycles. The molecule has 0 aliphatic heterocycles. The Morgan fingerprint density at radius 2 is 2.24 bits per heavy atom. The number of hydrogen-bond donors (Lipinski definition) is 2. The number of nitrogens with one attached hydrogen (secondary N) is 1. The highest BCUT2D eigenvalue weighted by Gasteiger charge is 1.98. The molecule has 6 nitrogen and oxygen atoms in total. The molecular weight excluding hydrogens is 222 g/mol. The van der Waals surface area contributed by atoms with Gasteiger partial charge in [-0.3, -0.25) is 0 Å². The highest BCUT2D eigenvalue weighted by Crippen LogP contribution is 2.10. The van der Waals surface area contributed by atoms with Crippen molar-refractivity contribution in [2.45, 2.75) is 13.3 Å². The van der Waals surface area contributed by atoms with Crippen LogP contribution in [0, 0.1) is 0 Å². The topological polar surface area (TPSA) is 76.5 Å². The summed E-state index contributed by atoms with van der Waals surface area (Å²) >= 11 is 0. The highest BCUT2D eigenvalue weighted by molar-refractivity contribution is 5.36. The van der Waals surface area contributed by atoms with Crippen molar-refractivity contribution in [1.29, 1.82) is 0 Å². The molecule has 1 aromatic rings. The second-order valence-corrected chi connectivity index (χ2v) is 3.29. The number of aromatic nitrogens is 2. The molecule has 0 saturated carbocycles. The van der Waals surface area contributed by atoms with Gasteiger partial charge in [0.15, 0.2) is 0 Å². The summed E-state index contributed by atoms with van der Waals surface area (Å²) in [5.41, 5.74) is 0. The van der Waals surface area contributed by atoms with Crippen LogP contribution in [0.1, 0.15) is 13.3 Å². The number of aliphatic hydroxyl groups excluding tert-OH is 1. The molecule has 0 aliphatic carbocycles. The molecule has 1 rings (SSSR count). The largest absolute Gasteiger partial charge is 0.478 e. The van der Waals surface area contributed by atoms with Gasteiger partial charge in [0.05, 0.1) is 19.8 Å². The molecule has 6 heteroatoms. The maximum Gasteiger partial charge on any atom is 0.218 e. The summed E-state index contributed by atoms with van der Waals surface area (Å²) in [5, 5.41) is 11.7. The Labute approximate surface area is 101 Å². The van der Waals surface area contributed by atoms with E-state index in [1.807, 2.05) is 6.92 Å². The molecule has 0 aromatic carbocycles. The van der Waals surface area contributed by atoms with E-state index in [9.17, 15) is 0 Å². The maximum atomic E-state index is 8.51. The summed E-state index contributed by atoms with van der Waals surface area (Å²) in [6.45, 7) is 4.34. The first-order valence-electron chi connectivity index (χ1n) is 5.74. The molecule has 0 saturated heterocycles. The van der Waals surface area contributed by atoms with Gasteiger partial charge in [-0.2, -0.15) is 0 Å². The van der Waals surface area contributed by atoms with Gasteiger partial charge in [-0.05, 0) is 13.3 Å². The third kappa shape index (κ3) is 6.03. The fourth-order valence-corrected chi connectivity index (χ4v) is 1.22. The van der Waals surface area contributed by atoms with Gasteiger partial charge in [-0.1, -0.05) is 0 Å². The molecule has 0 spiro atoms. The quantitative estimate of drug-likeness (QED) is 0.619. The summed E-state index contributed by atoms with van der Waals surface area (Å²) in [6, 6.07) is 1.76. The van der Waals surface area contributed by atoms with E-state index in [-0.39, 0.29) is 6.61 Å². The monoisotopic (exact) mass is 241 g/mol. The standard InChI is InChI=1S/C11H19N3O3/c1-2-17-11-8-10(13-9-14-11)12-4-3-6-16-7-5-15/h8-9,15H,2-7H2,1H3,(H,12,13,14). The van der Waals surface area contributed by atoms with E-state index >= 15 is 0 Å². The van der Waals surface area contributed by atoms with Crippen molar-refractivity contribution in [3.8, 4) is 5.88 Å². The average molecular weight is 241 g/mol. The zero-order valence-electron chi connectivity index (χ0n) is 10.1. The van der Waals surface area contributed by atoms with Gasteiger partial charge in [0.2, 0.25) is 5.88 Å². The van der Waals surface area contributed by atoms with Crippen LogP contribution < -0.4 is 10.1 Å². The minimum absolute atomic E-state index is 0.0665. The first-order chi connectivity index (χ1) is 8.36. The first-order valence-corrected chi connectivity index (χ1v) is 5.74. The van der Waals surface area contributed by atoms with Crippen molar-refractivity contribution in [1.82, 2.24) is 9.97 Å². The summed E-state index contributed by atoms with van der Waals surface area (Å²) in [4.78, 5) is 8.04. The van der Waals surface area contributed by atoms with E-state index in [0.29, 0.717) is 25.7 Å². The highest BCUT2D eigenvalue weighted by atomic mass is 16.5. The summed E-state index contributed by atoms with van der Waals surface area (Å²) in [7, 11) is 0. The van der Waals surface area contributed by atoms with Crippen LogP contribution in [-0.2, 0) is 4.74 Å². The lowest BCUT2D eigenvalue weighted by Gasteiger charge is -2.07. The maximum absolute atomic E-state index is 8.51. The Hall–Kier alpha value is -1.40. The second-order valence-electron chi connectivity index (χ2n) is 3.29. The van der Waals surface area contributed by atoms with Crippen LogP contribution >= 0.6 is 0 Å². The van der Waals surface area contributed by atoms with Crippen molar-refractivity contribution in [3.63, 3.8) is 0 Å². The van der Waals surface area contributed by atoms with Crippen molar-refractivity contribution in [2.24, 2.45) is 0 Å². The van der Waals surface area contributed by atoms with Crippen molar-refractivity contribution in [2.75, 3.05) is 38.3 Å². The summed E-state index contributed by atoms with van der Waals surface area (Å²) in [5.74, 6) is 1.31. The van der Waals surface area contributed by atoms with E-state index in [0.717, 1.165) is 18.8 Å². The lowest BCUT2D eigenvalue weighted by atomic mass is 10.4. The van der Waals surface area contributed by atoms with Crippen LogP contribution in [-0.4, -0.2) is 48.0 Å². The fraction of sp³-hybridized carbons (Fsp3) is 0.636. The molecule has 0 radical (unpaired) electrons. The molecule has 0 amide bonds. The van der Waals surface area contributed by atoms with E-state index in [1.165, 1.54) is 6.33 Å². The number of aliphatic hydroxyl groups is 1. The number of hydrogen-bond acceptors (Lipinski definition) is 6. The average Bonchev–Trinajstić information content (AvgIpc) is 2.35. The summed E-state index contributed by atoms with van der Waals surface area (Å²) in [6.07, 6.45) is 2.32. The molecule has 96 valence electrons. The van der Waals surface area contributed by atoms with E-state index < -0.39 is 0 Å². The van der Waals surface area contributed by atoms with Crippen LogP contribution in [0.25, 0.3) is 0 Å². The molecule has 0 unspecified atom stereocenters.